The Balaban J connectivity index is 1.72. The number of pyridine rings is 1. The summed E-state index contributed by atoms with van der Waals surface area (Å²) in [6.45, 7) is 5.33. The predicted octanol–water partition coefficient (Wildman–Crippen LogP) is 3.20. The molecular formula is C24H33N3O4. The van der Waals surface area contributed by atoms with Gasteiger partial charge in [0, 0.05) is 26.4 Å². The molecule has 1 saturated heterocycles. The number of likely N-dealkylation sites (tertiary alicyclic amines) is 1. The highest BCUT2D eigenvalue weighted by atomic mass is 16.5. The number of aromatic nitrogens is 1. The number of ether oxygens (including phenoxy) is 3. The van der Waals surface area contributed by atoms with Gasteiger partial charge in [-0.3, -0.25) is 14.7 Å². The standard InChI is InChI=1S/C24H33N3O4/c1-4-31-21-11-10-18(14-22(21)30-3)15-27-13-7-8-19(16-27)24(26-23(28)17-29-2)20-9-5-6-12-25-20/h5-6,9-12,14,19,24H,4,7-8,13,15-17H2,1-3H3,(H,26,28)/t19-,24+/m1/s1. The molecular weight excluding hydrogens is 394 g/mol. The molecule has 0 bridgehead atoms. The smallest absolute Gasteiger partial charge is 0.246 e. The molecule has 1 aromatic carbocycles. The number of hydrogen-bond donors (Lipinski definition) is 1. The summed E-state index contributed by atoms with van der Waals surface area (Å²) in [4.78, 5) is 19.2. The Morgan fingerprint density at radius 1 is 1.26 bits per heavy atom. The van der Waals surface area contributed by atoms with Crippen molar-refractivity contribution in [3.8, 4) is 11.5 Å². The van der Waals surface area contributed by atoms with Gasteiger partial charge in [0.05, 0.1) is 25.5 Å². The highest BCUT2D eigenvalue weighted by Crippen LogP contribution is 2.32. The van der Waals surface area contributed by atoms with Crippen LogP contribution in [0.2, 0.25) is 0 Å². The van der Waals surface area contributed by atoms with E-state index in [-0.39, 0.29) is 24.5 Å². The Kier molecular flexibility index (Phi) is 8.67. The number of nitrogens with zero attached hydrogens (tertiary/aromatic N) is 2. The number of benzene rings is 1. The van der Waals surface area contributed by atoms with Crippen LogP contribution < -0.4 is 14.8 Å². The molecule has 0 aliphatic carbocycles. The maximum Gasteiger partial charge on any atom is 0.246 e. The molecule has 0 saturated carbocycles. The number of amides is 1. The number of carbonyl (C=O) groups is 1. The van der Waals surface area contributed by atoms with Crippen molar-refractivity contribution in [1.29, 1.82) is 0 Å². The molecule has 1 amide bonds. The fourth-order valence-corrected chi connectivity index (χ4v) is 4.19. The maximum atomic E-state index is 12.3. The normalized spacial score (nSPS) is 17.7. The number of hydrogen-bond acceptors (Lipinski definition) is 6. The van der Waals surface area contributed by atoms with Gasteiger partial charge in [0.25, 0.3) is 0 Å². The van der Waals surface area contributed by atoms with E-state index >= 15 is 0 Å². The Hall–Kier alpha value is -2.64. The van der Waals surface area contributed by atoms with Crippen molar-refractivity contribution in [2.45, 2.75) is 32.4 Å². The van der Waals surface area contributed by atoms with Gasteiger partial charge in [0.1, 0.15) is 6.61 Å². The van der Waals surface area contributed by atoms with Crippen LogP contribution in [-0.4, -0.2) is 56.3 Å². The first-order valence-corrected chi connectivity index (χ1v) is 10.9. The minimum absolute atomic E-state index is 0.0474. The van der Waals surface area contributed by atoms with Crippen molar-refractivity contribution in [3.63, 3.8) is 0 Å². The van der Waals surface area contributed by atoms with Crippen LogP contribution in [0.1, 0.15) is 37.1 Å². The van der Waals surface area contributed by atoms with E-state index in [0.717, 1.165) is 49.7 Å². The van der Waals surface area contributed by atoms with E-state index in [1.807, 2.05) is 37.3 Å². The molecule has 2 heterocycles. The van der Waals surface area contributed by atoms with Gasteiger partial charge in [-0.25, -0.2) is 0 Å². The zero-order chi connectivity index (χ0) is 22.1. The summed E-state index contributed by atoms with van der Waals surface area (Å²) in [6.07, 6.45) is 3.89. The summed E-state index contributed by atoms with van der Waals surface area (Å²) in [6, 6.07) is 11.8. The molecule has 7 heteroatoms. The van der Waals surface area contributed by atoms with Gasteiger partial charge >= 0.3 is 0 Å². The number of nitrogens with one attached hydrogen (secondary N) is 1. The van der Waals surface area contributed by atoms with Gasteiger partial charge in [-0.2, -0.15) is 0 Å². The van der Waals surface area contributed by atoms with E-state index in [9.17, 15) is 4.79 Å². The Labute approximate surface area is 184 Å². The number of methoxy groups -OCH3 is 2. The summed E-state index contributed by atoms with van der Waals surface area (Å²) in [5.41, 5.74) is 2.07. The Morgan fingerprint density at radius 3 is 2.84 bits per heavy atom. The average molecular weight is 428 g/mol. The molecule has 7 nitrogen and oxygen atoms in total. The lowest BCUT2D eigenvalue weighted by atomic mass is 9.88. The molecule has 168 valence electrons. The molecule has 2 aromatic rings. The van der Waals surface area contributed by atoms with Gasteiger partial charge in [0.2, 0.25) is 5.91 Å². The van der Waals surface area contributed by atoms with Crippen LogP contribution in [0.25, 0.3) is 0 Å². The largest absolute Gasteiger partial charge is 0.493 e. The van der Waals surface area contributed by atoms with E-state index in [4.69, 9.17) is 14.2 Å². The fraction of sp³-hybridized carbons (Fsp3) is 0.500. The van der Waals surface area contributed by atoms with Crippen LogP contribution in [0.4, 0.5) is 0 Å². The topological polar surface area (TPSA) is 72.9 Å². The molecule has 1 aromatic heterocycles. The third-order valence-corrected chi connectivity index (χ3v) is 5.55. The first-order valence-electron chi connectivity index (χ1n) is 10.9. The van der Waals surface area contributed by atoms with Crippen LogP contribution in [0.15, 0.2) is 42.6 Å². The molecule has 2 atom stereocenters. The maximum absolute atomic E-state index is 12.3. The zero-order valence-corrected chi connectivity index (χ0v) is 18.7. The molecule has 0 radical (unpaired) electrons. The lowest BCUT2D eigenvalue weighted by Gasteiger charge is -2.37. The second-order valence-electron chi connectivity index (χ2n) is 7.79. The third kappa shape index (κ3) is 6.42. The minimum Gasteiger partial charge on any atom is -0.493 e. The van der Waals surface area contributed by atoms with Crippen LogP contribution >= 0.6 is 0 Å². The highest BCUT2D eigenvalue weighted by molar-refractivity contribution is 5.77. The lowest BCUT2D eigenvalue weighted by Crippen LogP contribution is -2.43. The summed E-state index contributed by atoms with van der Waals surface area (Å²) < 4.78 is 16.1. The highest BCUT2D eigenvalue weighted by Gasteiger charge is 2.30. The number of carbonyl (C=O) groups excluding carboxylic acids is 1. The number of piperidine rings is 1. The molecule has 31 heavy (non-hydrogen) atoms. The minimum atomic E-state index is -0.137. The van der Waals surface area contributed by atoms with Crippen molar-refractivity contribution in [2.75, 3.05) is 40.5 Å². The second kappa shape index (κ2) is 11.7. The molecule has 3 rings (SSSR count). The molecule has 0 unspecified atom stereocenters. The van der Waals surface area contributed by atoms with Gasteiger partial charge in [0.15, 0.2) is 11.5 Å². The van der Waals surface area contributed by atoms with Gasteiger partial charge in [-0.15, -0.1) is 0 Å². The van der Waals surface area contributed by atoms with Crippen molar-refractivity contribution in [3.05, 3.63) is 53.9 Å². The molecule has 1 aliphatic heterocycles. The van der Waals surface area contributed by atoms with Crippen molar-refractivity contribution >= 4 is 5.91 Å². The third-order valence-electron chi connectivity index (χ3n) is 5.55. The van der Waals surface area contributed by atoms with Crippen LogP contribution in [-0.2, 0) is 16.1 Å². The zero-order valence-electron chi connectivity index (χ0n) is 18.7. The van der Waals surface area contributed by atoms with Crippen LogP contribution in [0.3, 0.4) is 0 Å². The van der Waals surface area contributed by atoms with Crippen molar-refractivity contribution < 1.29 is 19.0 Å². The molecule has 1 aliphatic rings. The van der Waals surface area contributed by atoms with Gasteiger partial charge in [-0.1, -0.05) is 12.1 Å². The molecule has 1 fully saturated rings. The van der Waals surface area contributed by atoms with Gasteiger partial charge in [-0.05, 0) is 62.1 Å². The Bertz CT molecular complexity index is 831. The van der Waals surface area contributed by atoms with Crippen LogP contribution in [0, 0.1) is 5.92 Å². The molecule has 1 N–H and O–H groups in total. The lowest BCUT2D eigenvalue weighted by molar-refractivity contribution is -0.126. The van der Waals surface area contributed by atoms with Crippen molar-refractivity contribution in [2.24, 2.45) is 5.92 Å². The summed E-state index contributed by atoms with van der Waals surface area (Å²) >= 11 is 0. The first kappa shape index (κ1) is 23.0. The van der Waals surface area contributed by atoms with Crippen molar-refractivity contribution in [1.82, 2.24) is 15.2 Å². The predicted molar refractivity (Wildman–Crippen MR) is 119 cm³/mol. The summed E-state index contributed by atoms with van der Waals surface area (Å²) in [5.74, 6) is 1.67. The van der Waals surface area contributed by atoms with E-state index in [1.54, 1.807) is 13.3 Å². The molecule has 0 spiro atoms. The number of rotatable bonds is 10. The van der Waals surface area contributed by atoms with E-state index < -0.39 is 0 Å². The van der Waals surface area contributed by atoms with E-state index in [0.29, 0.717) is 6.61 Å². The van der Waals surface area contributed by atoms with E-state index in [2.05, 4.69) is 21.3 Å². The first-order chi connectivity index (χ1) is 15.1. The monoisotopic (exact) mass is 427 g/mol. The SMILES string of the molecule is CCOc1ccc(CN2CCC[C@@H]([C@H](NC(=O)COC)c3ccccn3)C2)cc1OC. The quantitative estimate of drug-likeness (QED) is 0.628. The fourth-order valence-electron chi connectivity index (χ4n) is 4.19. The average Bonchev–Trinajstić information content (AvgIpc) is 2.79. The summed E-state index contributed by atoms with van der Waals surface area (Å²) in [7, 11) is 3.20. The van der Waals surface area contributed by atoms with Gasteiger partial charge < -0.3 is 19.5 Å². The summed E-state index contributed by atoms with van der Waals surface area (Å²) in [5, 5.41) is 3.14. The van der Waals surface area contributed by atoms with E-state index in [1.165, 1.54) is 12.7 Å². The Morgan fingerprint density at radius 2 is 2.13 bits per heavy atom. The van der Waals surface area contributed by atoms with Crippen LogP contribution in [0.5, 0.6) is 11.5 Å². The second-order valence-corrected chi connectivity index (χ2v) is 7.79.